The Labute approximate surface area is 157 Å². The molecule has 2 aromatic heterocycles. The average Bonchev–Trinajstić information content (AvgIpc) is 3.06. The van der Waals surface area contributed by atoms with E-state index in [-0.39, 0.29) is 24.1 Å². The van der Waals surface area contributed by atoms with Gasteiger partial charge in [-0.3, -0.25) is 14.3 Å². The van der Waals surface area contributed by atoms with E-state index >= 15 is 0 Å². The summed E-state index contributed by atoms with van der Waals surface area (Å²) in [5.41, 5.74) is 5.24. The fraction of sp³-hybridized carbons (Fsp3) is 0.471. The SMILES string of the molecule is CCCCn1c(N)c(N(Cc2ccco2)C(=S)NC(C)C)c(=O)[nH]c1=O. The Bertz CT molecular complexity index is 854. The second-order valence-corrected chi connectivity index (χ2v) is 6.65. The molecule has 142 valence electrons. The van der Waals surface area contributed by atoms with E-state index < -0.39 is 11.2 Å². The minimum absolute atomic E-state index is 0.0629. The summed E-state index contributed by atoms with van der Waals surface area (Å²) in [6, 6.07) is 3.60. The van der Waals surface area contributed by atoms with Crippen LogP contribution >= 0.6 is 12.2 Å². The van der Waals surface area contributed by atoms with Crippen molar-refractivity contribution in [1.82, 2.24) is 14.9 Å². The van der Waals surface area contributed by atoms with Gasteiger partial charge >= 0.3 is 5.69 Å². The lowest BCUT2D eigenvalue weighted by Crippen LogP contribution is -2.46. The number of hydrogen-bond donors (Lipinski definition) is 3. The molecule has 2 heterocycles. The van der Waals surface area contributed by atoms with Crippen LogP contribution in [0.3, 0.4) is 0 Å². The van der Waals surface area contributed by atoms with Crippen molar-refractivity contribution in [2.75, 3.05) is 10.6 Å². The molecule has 0 fully saturated rings. The van der Waals surface area contributed by atoms with Gasteiger partial charge in [0, 0.05) is 12.6 Å². The normalized spacial score (nSPS) is 10.9. The maximum atomic E-state index is 12.5. The maximum absolute atomic E-state index is 12.5. The molecule has 0 unspecified atom stereocenters. The molecule has 0 bridgehead atoms. The first-order valence-corrected chi connectivity index (χ1v) is 8.99. The Kier molecular flexibility index (Phi) is 6.62. The molecule has 0 saturated carbocycles. The molecule has 0 aliphatic carbocycles. The number of thiocarbonyl (C=S) groups is 1. The van der Waals surface area contributed by atoms with Gasteiger partial charge in [-0.2, -0.15) is 0 Å². The number of nitrogens with one attached hydrogen (secondary N) is 2. The molecule has 0 aromatic carbocycles. The molecule has 8 nitrogen and oxygen atoms in total. The maximum Gasteiger partial charge on any atom is 0.330 e. The number of aromatic amines is 1. The van der Waals surface area contributed by atoms with E-state index in [1.807, 2.05) is 20.8 Å². The fourth-order valence-electron chi connectivity index (χ4n) is 2.51. The zero-order valence-corrected chi connectivity index (χ0v) is 16.1. The van der Waals surface area contributed by atoms with Crippen LogP contribution in [0.2, 0.25) is 0 Å². The largest absolute Gasteiger partial charge is 0.467 e. The summed E-state index contributed by atoms with van der Waals surface area (Å²) in [7, 11) is 0. The molecule has 0 saturated heterocycles. The van der Waals surface area contributed by atoms with Crippen LogP contribution in [0, 0.1) is 0 Å². The van der Waals surface area contributed by atoms with Crippen LogP contribution in [-0.4, -0.2) is 20.7 Å². The lowest BCUT2D eigenvalue weighted by atomic mass is 10.3. The highest BCUT2D eigenvalue weighted by Gasteiger charge is 2.23. The first-order valence-electron chi connectivity index (χ1n) is 8.58. The first kappa shape index (κ1) is 19.8. The van der Waals surface area contributed by atoms with Gasteiger partial charge in [0.2, 0.25) is 0 Å². The lowest BCUT2D eigenvalue weighted by Gasteiger charge is -2.27. The van der Waals surface area contributed by atoms with Crippen molar-refractivity contribution in [2.24, 2.45) is 0 Å². The number of nitrogens with zero attached hydrogens (tertiary/aromatic N) is 2. The molecule has 0 spiro atoms. The van der Waals surface area contributed by atoms with Gasteiger partial charge in [0.1, 0.15) is 11.6 Å². The number of anilines is 2. The van der Waals surface area contributed by atoms with Crippen LogP contribution in [0.5, 0.6) is 0 Å². The van der Waals surface area contributed by atoms with Crippen molar-refractivity contribution in [2.45, 2.75) is 52.7 Å². The van der Waals surface area contributed by atoms with Crippen molar-refractivity contribution in [1.29, 1.82) is 0 Å². The van der Waals surface area contributed by atoms with Crippen molar-refractivity contribution in [3.8, 4) is 0 Å². The zero-order valence-electron chi connectivity index (χ0n) is 15.2. The number of hydrogen-bond acceptors (Lipinski definition) is 5. The molecular weight excluding hydrogens is 354 g/mol. The van der Waals surface area contributed by atoms with E-state index in [9.17, 15) is 9.59 Å². The third-order valence-corrected chi connectivity index (χ3v) is 4.11. The zero-order chi connectivity index (χ0) is 19.3. The minimum atomic E-state index is -0.584. The van der Waals surface area contributed by atoms with Crippen molar-refractivity contribution >= 4 is 28.8 Å². The van der Waals surface area contributed by atoms with E-state index in [1.165, 1.54) is 4.57 Å². The predicted molar refractivity (Wildman–Crippen MR) is 106 cm³/mol. The quantitative estimate of drug-likeness (QED) is 0.629. The Hall–Kier alpha value is -2.55. The molecule has 9 heteroatoms. The molecule has 0 amide bonds. The third kappa shape index (κ3) is 4.54. The van der Waals surface area contributed by atoms with E-state index in [0.717, 1.165) is 12.8 Å². The smallest absolute Gasteiger partial charge is 0.330 e. The summed E-state index contributed by atoms with van der Waals surface area (Å²) in [4.78, 5) is 28.6. The molecule has 4 N–H and O–H groups in total. The van der Waals surface area contributed by atoms with E-state index in [0.29, 0.717) is 17.4 Å². The molecular formula is C17H25N5O3S. The summed E-state index contributed by atoms with van der Waals surface area (Å²) in [5.74, 6) is 0.703. The highest BCUT2D eigenvalue weighted by molar-refractivity contribution is 7.80. The summed E-state index contributed by atoms with van der Waals surface area (Å²) in [6.45, 7) is 6.52. The number of H-pyrrole nitrogens is 1. The Balaban J connectivity index is 2.54. The van der Waals surface area contributed by atoms with Crippen molar-refractivity contribution in [3.63, 3.8) is 0 Å². The lowest BCUT2D eigenvalue weighted by molar-refractivity contribution is 0.510. The standard InChI is InChI=1S/C17H25N5O3S/c1-4-5-8-21-14(18)13(15(23)20-16(21)24)22(17(26)19-11(2)3)10-12-7-6-9-25-12/h6-7,9,11H,4-5,8,10,18H2,1-3H3,(H,19,26)(H,20,23,24). The topological polar surface area (TPSA) is 109 Å². The van der Waals surface area contributed by atoms with Crippen molar-refractivity contribution < 1.29 is 4.42 Å². The van der Waals surface area contributed by atoms with E-state index in [1.54, 1.807) is 23.3 Å². The van der Waals surface area contributed by atoms with Crippen LogP contribution in [0.15, 0.2) is 32.4 Å². The van der Waals surface area contributed by atoms with Crippen molar-refractivity contribution in [3.05, 3.63) is 45.0 Å². The Morgan fingerprint density at radius 2 is 2.19 bits per heavy atom. The molecule has 0 radical (unpaired) electrons. The summed E-state index contributed by atoms with van der Waals surface area (Å²) in [6.07, 6.45) is 3.20. The summed E-state index contributed by atoms with van der Waals surface area (Å²) in [5, 5.41) is 3.43. The predicted octanol–water partition coefficient (Wildman–Crippen LogP) is 1.80. The van der Waals surface area contributed by atoms with Gasteiger partial charge in [0.05, 0.1) is 12.8 Å². The highest BCUT2D eigenvalue weighted by atomic mass is 32.1. The van der Waals surface area contributed by atoms with Gasteiger partial charge in [-0.15, -0.1) is 0 Å². The summed E-state index contributed by atoms with van der Waals surface area (Å²) >= 11 is 5.47. The molecule has 2 rings (SSSR count). The summed E-state index contributed by atoms with van der Waals surface area (Å²) < 4.78 is 6.76. The Morgan fingerprint density at radius 1 is 1.46 bits per heavy atom. The van der Waals surface area contributed by atoms with Gasteiger partial charge in [0.25, 0.3) is 5.56 Å². The van der Waals surface area contributed by atoms with Crippen LogP contribution < -0.4 is 27.2 Å². The van der Waals surface area contributed by atoms with Gasteiger partial charge in [-0.1, -0.05) is 13.3 Å². The monoisotopic (exact) mass is 379 g/mol. The molecule has 0 aliphatic heterocycles. The van der Waals surface area contributed by atoms with Gasteiger partial charge in [0.15, 0.2) is 10.8 Å². The number of nitrogen functional groups attached to an aromatic ring is 1. The number of aromatic nitrogens is 2. The molecule has 26 heavy (non-hydrogen) atoms. The fourth-order valence-corrected chi connectivity index (χ4v) is 2.90. The van der Waals surface area contributed by atoms with Crippen LogP contribution in [0.25, 0.3) is 0 Å². The average molecular weight is 379 g/mol. The van der Waals surface area contributed by atoms with Crippen LogP contribution in [-0.2, 0) is 13.1 Å². The van der Waals surface area contributed by atoms with Gasteiger partial charge < -0.3 is 20.4 Å². The molecule has 0 aliphatic rings. The second kappa shape index (κ2) is 8.70. The number of nitrogens with two attached hydrogens (primary N) is 1. The number of rotatable bonds is 7. The third-order valence-electron chi connectivity index (χ3n) is 3.77. The van der Waals surface area contributed by atoms with E-state index in [4.69, 9.17) is 22.4 Å². The first-order chi connectivity index (χ1) is 12.3. The van der Waals surface area contributed by atoms with Crippen LogP contribution in [0.4, 0.5) is 11.5 Å². The van der Waals surface area contributed by atoms with E-state index in [2.05, 4.69) is 10.3 Å². The second-order valence-electron chi connectivity index (χ2n) is 6.27. The molecule has 0 atom stereocenters. The van der Waals surface area contributed by atoms with Crippen LogP contribution in [0.1, 0.15) is 39.4 Å². The van der Waals surface area contributed by atoms with Gasteiger partial charge in [-0.25, -0.2) is 4.79 Å². The highest BCUT2D eigenvalue weighted by Crippen LogP contribution is 2.20. The van der Waals surface area contributed by atoms with Gasteiger partial charge in [-0.05, 0) is 44.6 Å². The molecule has 2 aromatic rings. The minimum Gasteiger partial charge on any atom is -0.467 e. The number of furan rings is 1. The number of unbranched alkanes of at least 4 members (excludes halogenated alkanes) is 1. The Morgan fingerprint density at radius 3 is 2.77 bits per heavy atom.